The maximum Gasteiger partial charge on any atom is 0.279 e. The molecule has 0 aliphatic rings. The predicted octanol–water partition coefficient (Wildman–Crippen LogP) is 0.479. The number of nitrogens with zero attached hydrogens (tertiary/aromatic N) is 1. The van der Waals surface area contributed by atoms with Crippen molar-refractivity contribution in [3.05, 3.63) is 18.2 Å². The summed E-state index contributed by atoms with van der Waals surface area (Å²) in [5, 5.41) is 0. The Hall–Kier alpha value is -1.51. The lowest BCUT2D eigenvalue weighted by molar-refractivity contribution is 0.314. The first-order valence-corrected chi connectivity index (χ1v) is 7.36. The van der Waals surface area contributed by atoms with Gasteiger partial charge in [-0.1, -0.05) is 0 Å². The van der Waals surface area contributed by atoms with E-state index in [-0.39, 0.29) is 13.2 Å². The van der Waals surface area contributed by atoms with Crippen LogP contribution >= 0.6 is 0 Å². The van der Waals surface area contributed by atoms with Gasteiger partial charge in [0.1, 0.15) is 23.9 Å². The first-order valence-electron chi connectivity index (χ1n) is 5.92. The molecule has 0 radical (unpaired) electrons. The van der Waals surface area contributed by atoms with E-state index in [4.69, 9.17) is 14.2 Å². The molecule has 0 aliphatic carbocycles. The zero-order chi connectivity index (χ0) is 15.2. The molecule has 0 aromatic heterocycles. The van der Waals surface area contributed by atoms with Crippen LogP contribution < -0.4 is 18.9 Å². The zero-order valence-electron chi connectivity index (χ0n) is 12.0. The molecule has 0 heterocycles. The van der Waals surface area contributed by atoms with Crippen molar-refractivity contribution < 1.29 is 22.6 Å². The molecule has 0 fully saturated rings. The molecule has 7 nitrogen and oxygen atoms in total. The second kappa shape index (κ2) is 7.32. The minimum absolute atomic E-state index is 0.167. The van der Waals surface area contributed by atoms with E-state index >= 15 is 0 Å². The Morgan fingerprint density at radius 3 is 2.00 bits per heavy atom. The van der Waals surface area contributed by atoms with Gasteiger partial charge in [-0.05, 0) is 0 Å². The van der Waals surface area contributed by atoms with Gasteiger partial charge in [-0.3, -0.25) is 0 Å². The average molecular weight is 304 g/mol. The van der Waals surface area contributed by atoms with Crippen LogP contribution in [0, 0.1) is 0 Å². The van der Waals surface area contributed by atoms with Crippen LogP contribution in [0.3, 0.4) is 0 Å². The van der Waals surface area contributed by atoms with Gasteiger partial charge in [-0.15, -0.1) is 0 Å². The summed E-state index contributed by atoms with van der Waals surface area (Å²) in [7, 11) is 2.58. The molecular formula is C12H20N2O5S. The lowest BCUT2D eigenvalue weighted by atomic mass is 10.3. The minimum Gasteiger partial charge on any atom is -0.496 e. The average Bonchev–Trinajstić information content (AvgIpc) is 2.43. The molecule has 0 atom stereocenters. The summed E-state index contributed by atoms with van der Waals surface area (Å²) in [4.78, 5) is 0. The van der Waals surface area contributed by atoms with Crippen molar-refractivity contribution in [1.29, 1.82) is 0 Å². The molecule has 0 aliphatic heterocycles. The number of hydrogen-bond acceptors (Lipinski definition) is 5. The van der Waals surface area contributed by atoms with Crippen molar-refractivity contribution in [2.45, 2.75) is 0 Å². The molecule has 0 unspecified atom stereocenters. The summed E-state index contributed by atoms with van der Waals surface area (Å²) in [6.07, 6.45) is 0. The molecule has 0 saturated heterocycles. The third-order valence-corrected chi connectivity index (χ3v) is 3.99. The Bertz CT molecular complexity index is 508. The smallest absolute Gasteiger partial charge is 0.279 e. The van der Waals surface area contributed by atoms with Crippen LogP contribution in [-0.2, 0) is 10.2 Å². The van der Waals surface area contributed by atoms with Crippen molar-refractivity contribution in [3.8, 4) is 17.2 Å². The van der Waals surface area contributed by atoms with Gasteiger partial charge in [0.15, 0.2) is 0 Å². The van der Waals surface area contributed by atoms with Gasteiger partial charge in [0.25, 0.3) is 10.2 Å². The molecule has 0 bridgehead atoms. The van der Waals surface area contributed by atoms with Crippen LogP contribution in [0.15, 0.2) is 18.2 Å². The third-order valence-electron chi connectivity index (χ3n) is 2.46. The number of hydrogen-bond donors (Lipinski definition) is 1. The molecule has 20 heavy (non-hydrogen) atoms. The zero-order valence-corrected chi connectivity index (χ0v) is 12.9. The molecule has 1 rings (SSSR count). The summed E-state index contributed by atoms with van der Waals surface area (Å²) in [6, 6.07) is 5.12. The van der Waals surface area contributed by atoms with Crippen molar-refractivity contribution >= 4 is 10.2 Å². The molecule has 1 aromatic carbocycles. The van der Waals surface area contributed by atoms with Gasteiger partial charge in [-0.25, -0.2) is 0 Å². The van der Waals surface area contributed by atoms with Crippen molar-refractivity contribution in [1.82, 2.24) is 9.03 Å². The van der Waals surface area contributed by atoms with E-state index in [0.29, 0.717) is 17.2 Å². The molecule has 0 saturated carbocycles. The largest absolute Gasteiger partial charge is 0.496 e. The second-order valence-corrected chi connectivity index (χ2v) is 6.05. The van der Waals surface area contributed by atoms with Crippen molar-refractivity contribution in [2.24, 2.45) is 0 Å². The molecule has 1 aromatic rings. The highest BCUT2D eigenvalue weighted by atomic mass is 32.2. The van der Waals surface area contributed by atoms with E-state index in [2.05, 4.69) is 4.72 Å². The number of methoxy groups -OCH3 is 2. The van der Waals surface area contributed by atoms with Gasteiger partial charge < -0.3 is 14.2 Å². The number of ether oxygens (including phenoxy) is 3. The van der Waals surface area contributed by atoms with E-state index in [1.54, 1.807) is 32.4 Å². The second-order valence-electron chi connectivity index (χ2n) is 4.08. The quantitative estimate of drug-likeness (QED) is 0.707. The fourth-order valence-corrected chi connectivity index (χ4v) is 1.93. The fourth-order valence-electron chi connectivity index (χ4n) is 1.33. The van der Waals surface area contributed by atoms with Crippen LogP contribution in [0.2, 0.25) is 0 Å². The van der Waals surface area contributed by atoms with E-state index in [1.165, 1.54) is 14.1 Å². The normalized spacial score (nSPS) is 11.4. The molecule has 8 heteroatoms. The van der Waals surface area contributed by atoms with E-state index in [1.807, 2.05) is 0 Å². The molecule has 1 N–H and O–H groups in total. The van der Waals surface area contributed by atoms with Crippen LogP contribution in [0.5, 0.6) is 17.2 Å². The number of rotatable bonds is 8. The van der Waals surface area contributed by atoms with Gasteiger partial charge in [0.05, 0.1) is 14.2 Å². The summed E-state index contributed by atoms with van der Waals surface area (Å²) >= 11 is 0. The number of nitrogens with one attached hydrogen (secondary N) is 1. The maximum atomic E-state index is 11.5. The van der Waals surface area contributed by atoms with Crippen LogP contribution in [-0.4, -0.2) is 54.2 Å². The lowest BCUT2D eigenvalue weighted by Gasteiger charge is -2.13. The Balaban J connectivity index is 2.54. The van der Waals surface area contributed by atoms with Crippen molar-refractivity contribution in [2.75, 3.05) is 41.5 Å². The lowest BCUT2D eigenvalue weighted by Crippen LogP contribution is -2.37. The van der Waals surface area contributed by atoms with Crippen LogP contribution in [0.1, 0.15) is 0 Å². The number of benzene rings is 1. The standard InChI is InChI=1S/C12H20N2O5S/c1-14(2)20(15,16)13-5-6-19-12-8-10(17-3)7-11(9-12)18-4/h7-9,13H,5-6H2,1-4H3. The Morgan fingerprint density at radius 2 is 1.55 bits per heavy atom. The van der Waals surface area contributed by atoms with E-state index in [0.717, 1.165) is 4.31 Å². The van der Waals surface area contributed by atoms with Gasteiger partial charge in [-0.2, -0.15) is 17.4 Å². The van der Waals surface area contributed by atoms with Crippen molar-refractivity contribution in [3.63, 3.8) is 0 Å². The highest BCUT2D eigenvalue weighted by Gasteiger charge is 2.11. The Morgan fingerprint density at radius 1 is 1.05 bits per heavy atom. The van der Waals surface area contributed by atoms with Gasteiger partial charge >= 0.3 is 0 Å². The summed E-state index contributed by atoms with van der Waals surface area (Å²) in [6.45, 7) is 0.365. The molecular weight excluding hydrogens is 284 g/mol. The van der Waals surface area contributed by atoms with E-state index < -0.39 is 10.2 Å². The first kappa shape index (κ1) is 16.5. The predicted molar refractivity (Wildman–Crippen MR) is 75.7 cm³/mol. The summed E-state index contributed by atoms with van der Waals surface area (Å²) < 4.78 is 42.1. The Kier molecular flexibility index (Phi) is 6.05. The SMILES string of the molecule is COc1cc(OC)cc(OCCNS(=O)(=O)N(C)C)c1. The summed E-state index contributed by atoms with van der Waals surface area (Å²) in [5.74, 6) is 1.76. The molecule has 0 amide bonds. The maximum absolute atomic E-state index is 11.5. The third kappa shape index (κ3) is 4.87. The highest BCUT2D eigenvalue weighted by molar-refractivity contribution is 7.87. The Labute approximate surface area is 119 Å². The van der Waals surface area contributed by atoms with Gasteiger partial charge in [0, 0.05) is 38.8 Å². The fraction of sp³-hybridized carbons (Fsp3) is 0.500. The molecule has 0 spiro atoms. The topological polar surface area (TPSA) is 77.1 Å². The highest BCUT2D eigenvalue weighted by Crippen LogP contribution is 2.27. The van der Waals surface area contributed by atoms with Crippen LogP contribution in [0.4, 0.5) is 0 Å². The summed E-state index contributed by atoms with van der Waals surface area (Å²) in [5.41, 5.74) is 0. The first-order chi connectivity index (χ1) is 9.39. The molecule has 114 valence electrons. The minimum atomic E-state index is -3.42. The van der Waals surface area contributed by atoms with E-state index in [9.17, 15) is 8.42 Å². The monoisotopic (exact) mass is 304 g/mol. The van der Waals surface area contributed by atoms with Gasteiger partial charge in [0.2, 0.25) is 0 Å². The van der Waals surface area contributed by atoms with Crippen LogP contribution in [0.25, 0.3) is 0 Å².